The van der Waals surface area contributed by atoms with Crippen LogP contribution < -0.4 is 5.32 Å². The number of aliphatic carboxylic acids is 1. The molecule has 0 amide bonds. The lowest BCUT2D eigenvalue weighted by Crippen LogP contribution is -2.40. The molecule has 3 heteroatoms. The monoisotopic (exact) mass is 261 g/mol. The van der Waals surface area contributed by atoms with Crippen molar-refractivity contribution in [1.29, 1.82) is 0 Å². The molecule has 0 radical (unpaired) electrons. The molecular weight excluding hydrogens is 238 g/mol. The van der Waals surface area contributed by atoms with Crippen molar-refractivity contribution >= 4 is 5.97 Å². The van der Waals surface area contributed by atoms with Gasteiger partial charge >= 0.3 is 5.97 Å². The second-order valence-electron chi connectivity index (χ2n) is 5.91. The van der Waals surface area contributed by atoms with E-state index in [0.29, 0.717) is 18.3 Å². The Morgan fingerprint density at radius 2 is 1.95 bits per heavy atom. The number of benzene rings is 1. The van der Waals surface area contributed by atoms with Crippen LogP contribution in [0.15, 0.2) is 30.3 Å². The maximum atomic E-state index is 11.4. The molecule has 0 heterocycles. The maximum Gasteiger partial charge on any atom is 0.320 e. The van der Waals surface area contributed by atoms with Gasteiger partial charge in [-0.25, -0.2) is 0 Å². The first kappa shape index (κ1) is 14.1. The smallest absolute Gasteiger partial charge is 0.320 e. The maximum absolute atomic E-state index is 11.4. The van der Waals surface area contributed by atoms with Crippen LogP contribution in [0, 0.1) is 11.8 Å². The van der Waals surface area contributed by atoms with Crippen LogP contribution in [0.1, 0.15) is 44.7 Å². The Morgan fingerprint density at radius 3 is 2.42 bits per heavy atom. The average molecular weight is 261 g/mol. The third-order valence-electron chi connectivity index (χ3n) is 3.64. The molecule has 0 aliphatic heterocycles. The topological polar surface area (TPSA) is 49.3 Å². The van der Waals surface area contributed by atoms with E-state index in [1.54, 1.807) is 0 Å². The van der Waals surface area contributed by atoms with Gasteiger partial charge in [-0.15, -0.1) is 0 Å². The second-order valence-corrected chi connectivity index (χ2v) is 5.91. The van der Waals surface area contributed by atoms with E-state index in [9.17, 15) is 9.90 Å². The minimum atomic E-state index is -0.740. The molecule has 2 N–H and O–H groups in total. The molecule has 2 atom stereocenters. The molecule has 1 saturated carbocycles. The fraction of sp³-hybridized carbons (Fsp3) is 0.562. The van der Waals surface area contributed by atoms with Gasteiger partial charge in [-0.1, -0.05) is 44.2 Å². The molecule has 19 heavy (non-hydrogen) atoms. The lowest BCUT2D eigenvalue weighted by Gasteiger charge is -2.24. The van der Waals surface area contributed by atoms with E-state index in [2.05, 4.69) is 31.3 Å². The second kappa shape index (κ2) is 6.20. The lowest BCUT2D eigenvalue weighted by atomic mass is 9.98. The molecule has 1 aliphatic carbocycles. The third-order valence-corrected chi connectivity index (χ3v) is 3.64. The Balaban J connectivity index is 2.09. The fourth-order valence-electron chi connectivity index (χ4n) is 2.52. The normalized spacial score (nSPS) is 18.3. The summed E-state index contributed by atoms with van der Waals surface area (Å²) in [4.78, 5) is 11.4. The molecule has 1 fully saturated rings. The molecule has 2 rings (SSSR count). The van der Waals surface area contributed by atoms with E-state index < -0.39 is 12.0 Å². The van der Waals surface area contributed by atoms with E-state index in [-0.39, 0.29) is 6.04 Å². The SMILES string of the molecule is CC(C)CC(NC(c1ccccc1)C1CC1)C(=O)O. The zero-order chi connectivity index (χ0) is 13.8. The highest BCUT2D eigenvalue weighted by Gasteiger charge is 2.35. The first-order chi connectivity index (χ1) is 9.08. The zero-order valence-electron chi connectivity index (χ0n) is 11.7. The highest BCUT2D eigenvalue weighted by molar-refractivity contribution is 5.73. The van der Waals surface area contributed by atoms with Crippen molar-refractivity contribution in [3.05, 3.63) is 35.9 Å². The molecular formula is C16H23NO2. The Labute approximate surface area is 115 Å². The van der Waals surface area contributed by atoms with Gasteiger partial charge in [0.25, 0.3) is 0 Å². The summed E-state index contributed by atoms with van der Waals surface area (Å²) < 4.78 is 0. The molecule has 104 valence electrons. The van der Waals surface area contributed by atoms with Crippen LogP contribution >= 0.6 is 0 Å². The fourth-order valence-corrected chi connectivity index (χ4v) is 2.52. The number of hydrogen-bond acceptors (Lipinski definition) is 2. The van der Waals surface area contributed by atoms with Gasteiger partial charge in [-0.2, -0.15) is 0 Å². The van der Waals surface area contributed by atoms with Crippen molar-refractivity contribution in [3.8, 4) is 0 Å². The van der Waals surface area contributed by atoms with Gasteiger partial charge in [0.1, 0.15) is 6.04 Å². The largest absolute Gasteiger partial charge is 0.480 e. The Kier molecular flexibility index (Phi) is 4.59. The molecule has 0 saturated heterocycles. The van der Waals surface area contributed by atoms with Crippen LogP contribution in [0.3, 0.4) is 0 Å². The summed E-state index contributed by atoms with van der Waals surface area (Å²) >= 11 is 0. The Bertz CT molecular complexity index is 412. The quantitative estimate of drug-likeness (QED) is 0.792. The van der Waals surface area contributed by atoms with Crippen LogP contribution in [-0.4, -0.2) is 17.1 Å². The average Bonchev–Trinajstić information content (AvgIpc) is 3.19. The number of rotatable bonds is 7. The van der Waals surface area contributed by atoms with Crippen molar-refractivity contribution < 1.29 is 9.90 Å². The first-order valence-electron chi connectivity index (χ1n) is 7.11. The summed E-state index contributed by atoms with van der Waals surface area (Å²) in [7, 11) is 0. The minimum Gasteiger partial charge on any atom is -0.480 e. The molecule has 2 unspecified atom stereocenters. The van der Waals surface area contributed by atoms with Crippen LogP contribution in [0.25, 0.3) is 0 Å². The minimum absolute atomic E-state index is 0.182. The third kappa shape index (κ3) is 4.06. The summed E-state index contributed by atoms with van der Waals surface area (Å²) in [6.07, 6.45) is 3.06. The zero-order valence-corrected chi connectivity index (χ0v) is 11.7. The standard InChI is InChI=1S/C16H23NO2/c1-11(2)10-14(16(18)19)17-15(13-8-9-13)12-6-4-3-5-7-12/h3-7,11,13-15,17H,8-10H2,1-2H3,(H,18,19). The summed E-state index contributed by atoms with van der Waals surface area (Å²) in [5.74, 6) is 0.232. The predicted molar refractivity (Wildman–Crippen MR) is 75.9 cm³/mol. The Morgan fingerprint density at radius 1 is 1.32 bits per heavy atom. The van der Waals surface area contributed by atoms with Crippen molar-refractivity contribution in [2.45, 2.75) is 45.2 Å². The van der Waals surface area contributed by atoms with Gasteiger partial charge in [0, 0.05) is 6.04 Å². The molecule has 0 aromatic heterocycles. The molecule has 1 aromatic carbocycles. The molecule has 0 bridgehead atoms. The van der Waals surface area contributed by atoms with Gasteiger partial charge < -0.3 is 5.11 Å². The Hall–Kier alpha value is -1.35. The molecule has 0 spiro atoms. The molecule has 1 aromatic rings. The number of carboxylic acids is 1. The van der Waals surface area contributed by atoms with Crippen molar-refractivity contribution in [1.82, 2.24) is 5.32 Å². The van der Waals surface area contributed by atoms with Crippen molar-refractivity contribution in [3.63, 3.8) is 0 Å². The van der Waals surface area contributed by atoms with Gasteiger partial charge in [-0.3, -0.25) is 10.1 Å². The van der Waals surface area contributed by atoms with Crippen LogP contribution in [0.5, 0.6) is 0 Å². The number of hydrogen-bond donors (Lipinski definition) is 2. The predicted octanol–water partition coefficient (Wildman–Crippen LogP) is 3.23. The van der Waals surface area contributed by atoms with Gasteiger partial charge in [-0.05, 0) is 36.7 Å². The van der Waals surface area contributed by atoms with E-state index in [1.165, 1.54) is 18.4 Å². The number of carbonyl (C=O) groups is 1. The van der Waals surface area contributed by atoms with E-state index in [0.717, 1.165) is 0 Å². The van der Waals surface area contributed by atoms with Crippen LogP contribution in [0.4, 0.5) is 0 Å². The van der Waals surface area contributed by atoms with Gasteiger partial charge in [0.2, 0.25) is 0 Å². The van der Waals surface area contributed by atoms with Gasteiger partial charge in [0.05, 0.1) is 0 Å². The van der Waals surface area contributed by atoms with Crippen LogP contribution in [-0.2, 0) is 4.79 Å². The molecule has 3 nitrogen and oxygen atoms in total. The number of carboxylic acid groups (broad SMARTS) is 1. The van der Waals surface area contributed by atoms with E-state index >= 15 is 0 Å². The highest BCUT2D eigenvalue weighted by atomic mass is 16.4. The number of nitrogens with one attached hydrogen (secondary N) is 1. The van der Waals surface area contributed by atoms with E-state index in [4.69, 9.17) is 0 Å². The van der Waals surface area contributed by atoms with Gasteiger partial charge in [0.15, 0.2) is 0 Å². The van der Waals surface area contributed by atoms with Crippen molar-refractivity contribution in [2.75, 3.05) is 0 Å². The lowest BCUT2D eigenvalue weighted by molar-refractivity contribution is -0.140. The highest BCUT2D eigenvalue weighted by Crippen LogP contribution is 2.41. The summed E-state index contributed by atoms with van der Waals surface area (Å²) in [5, 5.41) is 12.7. The molecule has 1 aliphatic rings. The van der Waals surface area contributed by atoms with Crippen LogP contribution in [0.2, 0.25) is 0 Å². The summed E-state index contributed by atoms with van der Waals surface area (Å²) in [6, 6.07) is 9.94. The van der Waals surface area contributed by atoms with Crippen molar-refractivity contribution in [2.24, 2.45) is 11.8 Å². The summed E-state index contributed by atoms with van der Waals surface area (Å²) in [6.45, 7) is 4.12. The van der Waals surface area contributed by atoms with E-state index in [1.807, 2.05) is 18.2 Å². The summed E-state index contributed by atoms with van der Waals surface area (Å²) in [5.41, 5.74) is 1.21. The first-order valence-corrected chi connectivity index (χ1v) is 7.11.